The zero-order chi connectivity index (χ0) is 14.5. The van der Waals surface area contributed by atoms with Crippen molar-refractivity contribution in [1.82, 2.24) is 25.1 Å². The summed E-state index contributed by atoms with van der Waals surface area (Å²) in [4.78, 5) is 4.66. The lowest BCUT2D eigenvalue weighted by atomic mass is 10.2. The van der Waals surface area contributed by atoms with Gasteiger partial charge in [0.15, 0.2) is 0 Å². The van der Waals surface area contributed by atoms with Gasteiger partial charge in [0.2, 0.25) is 0 Å². The Labute approximate surface area is 127 Å². The van der Waals surface area contributed by atoms with Crippen LogP contribution in [0.1, 0.15) is 10.8 Å². The first-order valence-electron chi connectivity index (χ1n) is 6.86. The van der Waals surface area contributed by atoms with Crippen molar-refractivity contribution in [2.24, 2.45) is 7.05 Å². The highest BCUT2D eigenvalue weighted by Gasteiger charge is 2.04. The van der Waals surface area contributed by atoms with E-state index in [1.807, 2.05) is 29.8 Å². The monoisotopic (exact) mass is 299 g/mol. The van der Waals surface area contributed by atoms with Gasteiger partial charge in [-0.25, -0.2) is 4.98 Å². The van der Waals surface area contributed by atoms with Gasteiger partial charge in [0.05, 0.1) is 5.69 Å². The van der Waals surface area contributed by atoms with Crippen LogP contribution in [0.25, 0.3) is 11.3 Å². The summed E-state index contributed by atoms with van der Waals surface area (Å²) in [6, 6.07) is 10.3. The molecule has 3 rings (SSSR count). The third-order valence-electron chi connectivity index (χ3n) is 3.23. The zero-order valence-corrected chi connectivity index (χ0v) is 12.7. The lowest BCUT2D eigenvalue weighted by molar-refractivity contribution is 0.652. The minimum Gasteiger partial charge on any atom is -0.321 e. The maximum Gasteiger partial charge on any atom is 0.133 e. The third kappa shape index (κ3) is 3.53. The summed E-state index contributed by atoms with van der Waals surface area (Å²) in [5.74, 6) is 0.992. The fraction of sp³-hybridized carbons (Fsp3) is 0.267. The van der Waals surface area contributed by atoms with E-state index in [2.05, 4.69) is 38.0 Å². The van der Waals surface area contributed by atoms with Crippen molar-refractivity contribution in [3.05, 3.63) is 52.9 Å². The van der Waals surface area contributed by atoms with Crippen molar-refractivity contribution >= 4 is 11.3 Å². The van der Waals surface area contributed by atoms with Crippen molar-refractivity contribution in [2.75, 3.05) is 6.54 Å². The van der Waals surface area contributed by atoms with Gasteiger partial charge in [0.25, 0.3) is 0 Å². The molecule has 1 N–H and O–H groups in total. The molecule has 0 atom stereocenters. The summed E-state index contributed by atoms with van der Waals surface area (Å²) in [6.45, 7) is 1.65. The molecule has 0 aliphatic rings. The summed E-state index contributed by atoms with van der Waals surface area (Å²) in [5, 5.41) is 14.5. The summed E-state index contributed by atoms with van der Waals surface area (Å²) in [5.41, 5.74) is 2.21. The van der Waals surface area contributed by atoms with Crippen LogP contribution in [0.15, 0.2) is 42.0 Å². The second kappa shape index (κ2) is 6.60. The molecule has 0 saturated carbocycles. The van der Waals surface area contributed by atoms with E-state index in [4.69, 9.17) is 0 Å². The van der Waals surface area contributed by atoms with Crippen LogP contribution in [-0.2, 0) is 20.0 Å². The number of nitrogens with zero attached hydrogens (tertiary/aromatic N) is 4. The maximum atomic E-state index is 4.66. The highest BCUT2D eigenvalue weighted by atomic mass is 32.1. The number of aryl methyl sites for hydroxylation is 1. The van der Waals surface area contributed by atoms with Crippen LogP contribution >= 0.6 is 11.3 Å². The molecule has 0 aliphatic heterocycles. The number of thiazole rings is 1. The van der Waals surface area contributed by atoms with Crippen molar-refractivity contribution in [3.63, 3.8) is 0 Å². The van der Waals surface area contributed by atoms with E-state index in [0.29, 0.717) is 0 Å². The number of hydrogen-bond donors (Lipinski definition) is 1. The molecule has 0 spiro atoms. The Morgan fingerprint density at radius 1 is 1.24 bits per heavy atom. The quantitative estimate of drug-likeness (QED) is 0.709. The second-order valence-electron chi connectivity index (χ2n) is 4.78. The lowest BCUT2D eigenvalue weighted by Crippen LogP contribution is -2.18. The highest BCUT2D eigenvalue weighted by Crippen LogP contribution is 2.21. The minimum absolute atomic E-state index is 0.787. The van der Waals surface area contributed by atoms with Crippen molar-refractivity contribution in [1.29, 1.82) is 0 Å². The van der Waals surface area contributed by atoms with Crippen LogP contribution in [-0.4, -0.2) is 26.3 Å². The fourth-order valence-corrected chi connectivity index (χ4v) is 2.84. The molecule has 5 nitrogen and oxygen atoms in total. The van der Waals surface area contributed by atoms with Crippen LogP contribution in [0.4, 0.5) is 0 Å². The average Bonchev–Trinajstić information content (AvgIpc) is 3.14. The van der Waals surface area contributed by atoms with E-state index in [1.165, 1.54) is 5.56 Å². The SMILES string of the molecule is Cn1cnnc1CCNCc1nc(-c2ccccc2)cs1. The van der Waals surface area contributed by atoms with Gasteiger partial charge in [-0.3, -0.25) is 0 Å². The number of aromatic nitrogens is 4. The van der Waals surface area contributed by atoms with Gasteiger partial charge in [0, 0.05) is 37.5 Å². The Morgan fingerprint density at radius 2 is 2.10 bits per heavy atom. The Bertz CT molecular complexity index is 689. The van der Waals surface area contributed by atoms with E-state index in [-0.39, 0.29) is 0 Å². The topological polar surface area (TPSA) is 55.6 Å². The molecule has 1 aromatic carbocycles. The van der Waals surface area contributed by atoms with Gasteiger partial charge < -0.3 is 9.88 Å². The van der Waals surface area contributed by atoms with Crippen LogP contribution in [0.3, 0.4) is 0 Å². The van der Waals surface area contributed by atoms with Crippen LogP contribution in [0.5, 0.6) is 0 Å². The van der Waals surface area contributed by atoms with Gasteiger partial charge >= 0.3 is 0 Å². The first-order chi connectivity index (χ1) is 10.3. The largest absolute Gasteiger partial charge is 0.321 e. The van der Waals surface area contributed by atoms with Crippen LogP contribution < -0.4 is 5.32 Å². The molecule has 0 amide bonds. The number of benzene rings is 1. The smallest absolute Gasteiger partial charge is 0.133 e. The number of nitrogens with one attached hydrogen (secondary N) is 1. The normalized spacial score (nSPS) is 10.9. The Kier molecular flexibility index (Phi) is 4.37. The predicted octanol–water partition coefficient (Wildman–Crippen LogP) is 2.27. The van der Waals surface area contributed by atoms with Crippen molar-refractivity contribution in [3.8, 4) is 11.3 Å². The molecule has 0 aliphatic carbocycles. The van der Waals surface area contributed by atoms with E-state index in [9.17, 15) is 0 Å². The standard InChI is InChI=1S/C15H17N5S/c1-20-11-17-19-14(20)7-8-16-9-15-18-13(10-21-15)12-5-3-2-4-6-12/h2-6,10-11,16H,7-9H2,1H3. The first-order valence-corrected chi connectivity index (χ1v) is 7.74. The van der Waals surface area contributed by atoms with Crippen molar-refractivity contribution in [2.45, 2.75) is 13.0 Å². The molecule has 0 unspecified atom stereocenters. The number of hydrogen-bond acceptors (Lipinski definition) is 5. The molecule has 2 aromatic heterocycles. The number of rotatable bonds is 6. The lowest BCUT2D eigenvalue weighted by Gasteiger charge is -2.02. The zero-order valence-electron chi connectivity index (χ0n) is 11.9. The van der Waals surface area contributed by atoms with Gasteiger partial charge in [0.1, 0.15) is 17.2 Å². The Balaban J connectivity index is 1.50. The van der Waals surface area contributed by atoms with Crippen LogP contribution in [0, 0.1) is 0 Å². The molecule has 0 radical (unpaired) electrons. The minimum atomic E-state index is 0.787. The summed E-state index contributed by atoms with van der Waals surface area (Å²) < 4.78 is 1.94. The predicted molar refractivity (Wildman–Crippen MR) is 84.0 cm³/mol. The van der Waals surface area contributed by atoms with E-state index < -0.39 is 0 Å². The Morgan fingerprint density at radius 3 is 2.86 bits per heavy atom. The van der Waals surface area contributed by atoms with E-state index >= 15 is 0 Å². The molecule has 2 heterocycles. The summed E-state index contributed by atoms with van der Waals surface area (Å²) >= 11 is 1.69. The van der Waals surface area contributed by atoms with E-state index in [1.54, 1.807) is 17.7 Å². The molecule has 108 valence electrons. The first kappa shape index (κ1) is 13.9. The van der Waals surface area contributed by atoms with Crippen molar-refractivity contribution < 1.29 is 0 Å². The second-order valence-corrected chi connectivity index (χ2v) is 5.72. The highest BCUT2D eigenvalue weighted by molar-refractivity contribution is 7.09. The molecule has 3 aromatic rings. The van der Waals surface area contributed by atoms with Crippen LogP contribution in [0.2, 0.25) is 0 Å². The molecule has 0 saturated heterocycles. The third-order valence-corrected chi connectivity index (χ3v) is 4.08. The van der Waals surface area contributed by atoms with Gasteiger partial charge in [-0.05, 0) is 0 Å². The molecular weight excluding hydrogens is 282 g/mol. The van der Waals surface area contributed by atoms with Gasteiger partial charge in [-0.1, -0.05) is 30.3 Å². The summed E-state index contributed by atoms with van der Waals surface area (Å²) in [6.07, 6.45) is 2.59. The molecular formula is C15H17N5S. The van der Waals surface area contributed by atoms with Gasteiger partial charge in [-0.2, -0.15) is 0 Å². The maximum absolute atomic E-state index is 4.66. The molecule has 21 heavy (non-hydrogen) atoms. The fourth-order valence-electron chi connectivity index (χ4n) is 2.06. The van der Waals surface area contributed by atoms with Gasteiger partial charge in [-0.15, -0.1) is 21.5 Å². The molecule has 6 heteroatoms. The summed E-state index contributed by atoms with van der Waals surface area (Å²) in [7, 11) is 1.96. The molecule has 0 bridgehead atoms. The average molecular weight is 299 g/mol. The Hall–Kier alpha value is -2.05. The molecule has 0 fully saturated rings. The van der Waals surface area contributed by atoms with E-state index in [0.717, 1.165) is 36.0 Å².